The van der Waals surface area contributed by atoms with Crippen LogP contribution < -0.4 is 10.2 Å². The van der Waals surface area contributed by atoms with Crippen molar-refractivity contribution in [2.45, 2.75) is 6.92 Å². The lowest BCUT2D eigenvalue weighted by molar-refractivity contribution is -0.129. The summed E-state index contributed by atoms with van der Waals surface area (Å²) in [5, 5.41) is 3.23. The molecule has 0 unspecified atom stereocenters. The van der Waals surface area contributed by atoms with Gasteiger partial charge in [0.15, 0.2) is 0 Å². The summed E-state index contributed by atoms with van der Waals surface area (Å²) in [6.45, 7) is 4.43. The van der Waals surface area contributed by atoms with Crippen molar-refractivity contribution < 1.29 is 14.0 Å². The number of H-pyrrole nitrogens is 1. The van der Waals surface area contributed by atoms with Crippen molar-refractivity contribution in [1.29, 1.82) is 0 Å². The van der Waals surface area contributed by atoms with Crippen LogP contribution in [-0.2, 0) is 4.79 Å². The summed E-state index contributed by atoms with van der Waals surface area (Å²) in [6.07, 6.45) is 0. The number of carbonyl (C=O) groups excluding carboxylic acids is 2. The fourth-order valence-corrected chi connectivity index (χ4v) is 3.98. The maximum atomic E-state index is 14.0. The number of benzene rings is 2. The molecule has 0 bridgehead atoms. The minimum atomic E-state index is -0.384. The molecule has 29 heavy (non-hydrogen) atoms. The van der Waals surface area contributed by atoms with Crippen molar-refractivity contribution in [2.24, 2.45) is 0 Å². The van der Waals surface area contributed by atoms with E-state index in [1.54, 1.807) is 13.0 Å². The van der Waals surface area contributed by atoms with Gasteiger partial charge in [0.05, 0.1) is 5.52 Å². The van der Waals surface area contributed by atoms with Gasteiger partial charge in [0, 0.05) is 54.3 Å². The molecule has 2 heterocycles. The minimum absolute atomic E-state index is 0.0899. The van der Waals surface area contributed by atoms with Crippen LogP contribution in [0.4, 0.5) is 15.8 Å². The highest BCUT2D eigenvalue weighted by atomic mass is 79.9. The predicted octanol–water partition coefficient (Wildman–Crippen LogP) is 3.99. The summed E-state index contributed by atoms with van der Waals surface area (Å²) in [4.78, 5) is 31.1. The minimum Gasteiger partial charge on any atom is -0.368 e. The summed E-state index contributed by atoms with van der Waals surface area (Å²) < 4.78 is 14.7. The summed E-state index contributed by atoms with van der Waals surface area (Å²) in [5.74, 6) is -0.636. The van der Waals surface area contributed by atoms with E-state index in [2.05, 4.69) is 31.1 Å². The zero-order valence-corrected chi connectivity index (χ0v) is 17.4. The Hall–Kier alpha value is -2.87. The number of hydrogen-bond donors (Lipinski definition) is 2. The Bertz CT molecular complexity index is 1050. The number of hydrogen-bond acceptors (Lipinski definition) is 3. The third kappa shape index (κ3) is 3.98. The van der Waals surface area contributed by atoms with E-state index in [9.17, 15) is 14.0 Å². The number of amides is 2. The molecule has 4 rings (SSSR count). The summed E-state index contributed by atoms with van der Waals surface area (Å²) >= 11 is 3.37. The van der Waals surface area contributed by atoms with Crippen LogP contribution in [0.5, 0.6) is 0 Å². The average Bonchev–Trinajstić information content (AvgIpc) is 3.18. The van der Waals surface area contributed by atoms with E-state index in [4.69, 9.17) is 0 Å². The average molecular weight is 459 g/mol. The second-order valence-electron chi connectivity index (χ2n) is 7.00. The molecule has 1 saturated heterocycles. The normalized spacial score (nSPS) is 14.3. The first-order valence-electron chi connectivity index (χ1n) is 9.31. The van der Waals surface area contributed by atoms with Crippen LogP contribution >= 0.6 is 15.9 Å². The Labute approximate surface area is 175 Å². The van der Waals surface area contributed by atoms with E-state index >= 15 is 0 Å². The molecule has 150 valence electrons. The monoisotopic (exact) mass is 458 g/mol. The lowest BCUT2D eigenvalue weighted by Gasteiger charge is -2.35. The molecular formula is C21H20BrFN4O2. The van der Waals surface area contributed by atoms with Gasteiger partial charge in [-0.15, -0.1) is 0 Å². The molecule has 1 aliphatic heterocycles. The van der Waals surface area contributed by atoms with Crippen molar-refractivity contribution in [1.82, 2.24) is 9.88 Å². The van der Waals surface area contributed by atoms with Crippen molar-refractivity contribution in [3.05, 3.63) is 58.4 Å². The second kappa shape index (κ2) is 7.87. The van der Waals surface area contributed by atoms with Gasteiger partial charge in [-0.2, -0.15) is 0 Å². The third-order valence-corrected chi connectivity index (χ3v) is 5.79. The molecule has 2 aromatic carbocycles. The number of aromatic nitrogens is 1. The van der Waals surface area contributed by atoms with Crippen molar-refractivity contribution in [3.63, 3.8) is 0 Å². The standard InChI is InChI=1S/C21H20BrFN4O2/c1-13(28)26-7-9-27(10-8-26)15-4-2-3-14(11-15)24-21(29)19-12-16-18(23)6-5-17(22)20(16)25-19/h2-6,11-12,25H,7-10H2,1H3,(H,24,29). The first kappa shape index (κ1) is 19.4. The maximum absolute atomic E-state index is 14.0. The van der Waals surface area contributed by atoms with Gasteiger partial charge in [0.2, 0.25) is 5.91 Å². The molecule has 2 amide bonds. The molecular weight excluding hydrogens is 439 g/mol. The molecule has 0 atom stereocenters. The zero-order chi connectivity index (χ0) is 20.5. The molecule has 0 saturated carbocycles. The quantitative estimate of drug-likeness (QED) is 0.623. The van der Waals surface area contributed by atoms with Crippen molar-refractivity contribution in [3.8, 4) is 0 Å². The number of rotatable bonds is 3. The Kier molecular flexibility index (Phi) is 5.27. The van der Waals surface area contributed by atoms with Crippen LogP contribution in [0.15, 0.2) is 46.9 Å². The number of fused-ring (bicyclic) bond motifs is 1. The van der Waals surface area contributed by atoms with Gasteiger partial charge in [0.25, 0.3) is 5.91 Å². The largest absolute Gasteiger partial charge is 0.368 e. The van der Waals surface area contributed by atoms with Crippen molar-refractivity contribution in [2.75, 3.05) is 36.4 Å². The second-order valence-corrected chi connectivity index (χ2v) is 7.85. The number of nitrogens with one attached hydrogen (secondary N) is 2. The lowest BCUT2D eigenvalue weighted by Crippen LogP contribution is -2.48. The smallest absolute Gasteiger partial charge is 0.272 e. The highest BCUT2D eigenvalue weighted by Gasteiger charge is 2.19. The molecule has 0 aliphatic carbocycles. The molecule has 8 heteroatoms. The summed E-state index contributed by atoms with van der Waals surface area (Å²) in [6, 6.07) is 12.0. The van der Waals surface area contributed by atoms with E-state index in [1.165, 1.54) is 12.1 Å². The Morgan fingerprint density at radius 2 is 1.86 bits per heavy atom. The van der Waals surface area contributed by atoms with E-state index in [1.807, 2.05) is 29.2 Å². The van der Waals surface area contributed by atoms with E-state index in [0.29, 0.717) is 34.2 Å². The van der Waals surface area contributed by atoms with Crippen molar-refractivity contribution >= 4 is 50.0 Å². The summed E-state index contributed by atoms with van der Waals surface area (Å²) in [7, 11) is 0. The van der Waals surface area contributed by atoms with E-state index < -0.39 is 0 Å². The number of halogens is 2. The van der Waals surface area contributed by atoms with E-state index in [-0.39, 0.29) is 23.3 Å². The predicted molar refractivity (Wildman–Crippen MR) is 115 cm³/mol. The highest BCUT2D eigenvalue weighted by Crippen LogP contribution is 2.27. The topological polar surface area (TPSA) is 68.4 Å². The van der Waals surface area contributed by atoms with Crippen LogP contribution in [-0.4, -0.2) is 47.9 Å². The highest BCUT2D eigenvalue weighted by molar-refractivity contribution is 9.10. The number of anilines is 2. The van der Waals surface area contributed by atoms with Gasteiger partial charge in [-0.3, -0.25) is 9.59 Å². The SMILES string of the molecule is CC(=O)N1CCN(c2cccc(NC(=O)c3cc4c(F)ccc(Br)c4[nH]3)c2)CC1. The molecule has 0 spiro atoms. The molecule has 2 N–H and O–H groups in total. The van der Waals surface area contributed by atoms with Gasteiger partial charge < -0.3 is 20.1 Å². The van der Waals surface area contributed by atoms with Crippen LogP contribution in [0.2, 0.25) is 0 Å². The first-order valence-corrected chi connectivity index (χ1v) is 10.1. The Morgan fingerprint density at radius 3 is 2.55 bits per heavy atom. The van der Waals surface area contributed by atoms with Gasteiger partial charge in [-0.1, -0.05) is 6.07 Å². The number of nitrogens with zero attached hydrogens (tertiary/aromatic N) is 2. The molecule has 1 fully saturated rings. The molecule has 6 nitrogen and oxygen atoms in total. The van der Waals surface area contributed by atoms with Gasteiger partial charge >= 0.3 is 0 Å². The number of aromatic amines is 1. The lowest BCUT2D eigenvalue weighted by atomic mass is 10.2. The third-order valence-electron chi connectivity index (χ3n) is 5.13. The molecule has 3 aromatic rings. The van der Waals surface area contributed by atoms with Crippen LogP contribution in [0.1, 0.15) is 17.4 Å². The number of piperazine rings is 1. The molecule has 1 aliphatic rings. The molecule has 1 aromatic heterocycles. The molecule has 0 radical (unpaired) electrons. The Balaban J connectivity index is 1.50. The Morgan fingerprint density at radius 1 is 1.10 bits per heavy atom. The fraction of sp³-hybridized carbons (Fsp3) is 0.238. The van der Waals surface area contributed by atoms with Gasteiger partial charge in [-0.25, -0.2) is 4.39 Å². The van der Waals surface area contributed by atoms with Gasteiger partial charge in [-0.05, 0) is 52.3 Å². The van der Waals surface area contributed by atoms with Gasteiger partial charge in [0.1, 0.15) is 11.5 Å². The van der Waals surface area contributed by atoms with Crippen LogP contribution in [0.3, 0.4) is 0 Å². The van der Waals surface area contributed by atoms with Crippen LogP contribution in [0, 0.1) is 5.82 Å². The van der Waals surface area contributed by atoms with E-state index in [0.717, 1.165) is 18.8 Å². The summed E-state index contributed by atoms with van der Waals surface area (Å²) in [5.41, 5.74) is 2.47. The fourth-order valence-electron chi connectivity index (χ4n) is 3.53. The first-order chi connectivity index (χ1) is 13.9. The zero-order valence-electron chi connectivity index (χ0n) is 15.8. The number of carbonyl (C=O) groups is 2. The maximum Gasteiger partial charge on any atom is 0.272 e. The van der Waals surface area contributed by atoms with Crippen LogP contribution in [0.25, 0.3) is 10.9 Å².